The molecule has 0 saturated heterocycles. The molecule has 142 valence electrons. The van der Waals surface area contributed by atoms with Gasteiger partial charge in [0.05, 0.1) is 5.25 Å². The number of rotatable bonds is 4. The van der Waals surface area contributed by atoms with Crippen LogP contribution in [0, 0.1) is 0 Å². The van der Waals surface area contributed by atoms with Gasteiger partial charge in [0.1, 0.15) is 5.52 Å². The summed E-state index contributed by atoms with van der Waals surface area (Å²) in [5.41, 5.74) is 3.17. The van der Waals surface area contributed by atoms with E-state index in [1.807, 2.05) is 73.7 Å². The van der Waals surface area contributed by atoms with Crippen LogP contribution in [-0.4, -0.2) is 31.3 Å². The Balaban J connectivity index is 1.37. The Morgan fingerprint density at radius 1 is 0.966 bits per heavy atom. The van der Waals surface area contributed by atoms with E-state index in [0.717, 1.165) is 32.9 Å². The third-order valence-corrected chi connectivity index (χ3v) is 5.75. The lowest BCUT2D eigenvalue weighted by atomic mass is 10.1. The molecule has 29 heavy (non-hydrogen) atoms. The molecule has 0 aliphatic rings. The van der Waals surface area contributed by atoms with Gasteiger partial charge in [-0.05, 0) is 24.4 Å². The largest absolute Gasteiger partial charge is 0.338 e. The maximum Gasteiger partial charge on any atom is 0.237 e. The predicted molar refractivity (Wildman–Crippen MR) is 117 cm³/mol. The molecule has 3 aromatic carbocycles. The van der Waals surface area contributed by atoms with E-state index < -0.39 is 0 Å². The maximum absolute atomic E-state index is 12.7. The van der Waals surface area contributed by atoms with Crippen LogP contribution >= 0.6 is 11.8 Å². The van der Waals surface area contributed by atoms with Gasteiger partial charge in [0.25, 0.3) is 0 Å². The van der Waals surface area contributed by atoms with E-state index in [1.165, 1.54) is 11.8 Å². The van der Waals surface area contributed by atoms with E-state index >= 15 is 0 Å². The molecule has 0 aliphatic carbocycles. The molecule has 2 aromatic heterocycles. The number of anilines is 1. The Hall–Kier alpha value is -3.45. The molecule has 0 radical (unpaired) electrons. The minimum atomic E-state index is -0.377. The number of benzene rings is 3. The van der Waals surface area contributed by atoms with Crippen LogP contribution in [0.5, 0.6) is 0 Å². The smallest absolute Gasteiger partial charge is 0.237 e. The maximum atomic E-state index is 12.7. The average molecular weight is 399 g/mol. The molecule has 0 unspecified atom stereocenters. The summed E-state index contributed by atoms with van der Waals surface area (Å²) >= 11 is 1.28. The summed E-state index contributed by atoms with van der Waals surface area (Å²) in [6.07, 6.45) is 0. The minimum absolute atomic E-state index is 0.105. The zero-order chi connectivity index (χ0) is 19.8. The molecule has 2 heterocycles. The SMILES string of the molecule is C[C@H](Sc1nnc2c(n1)[nH]c1ccccc12)C(=O)Nc1cccc2ccccc12. The monoisotopic (exact) mass is 399 g/mol. The summed E-state index contributed by atoms with van der Waals surface area (Å²) in [6.45, 7) is 1.84. The highest BCUT2D eigenvalue weighted by molar-refractivity contribution is 8.00. The number of carbonyl (C=O) groups is 1. The molecule has 1 atom stereocenters. The van der Waals surface area contributed by atoms with Crippen LogP contribution in [0.15, 0.2) is 71.9 Å². The van der Waals surface area contributed by atoms with Crippen LogP contribution in [0.25, 0.3) is 32.8 Å². The Morgan fingerprint density at radius 3 is 2.62 bits per heavy atom. The number of H-pyrrole nitrogens is 1. The van der Waals surface area contributed by atoms with E-state index in [0.29, 0.717) is 10.8 Å². The fourth-order valence-corrected chi connectivity index (χ4v) is 4.05. The van der Waals surface area contributed by atoms with Gasteiger partial charge in [-0.2, -0.15) is 0 Å². The molecule has 5 aromatic rings. The molecule has 6 nitrogen and oxygen atoms in total. The minimum Gasteiger partial charge on any atom is -0.338 e. The second kappa shape index (κ2) is 7.18. The topological polar surface area (TPSA) is 83.6 Å². The average Bonchev–Trinajstić information content (AvgIpc) is 3.11. The van der Waals surface area contributed by atoms with Crippen molar-refractivity contribution in [2.75, 3.05) is 5.32 Å². The number of aromatic nitrogens is 4. The van der Waals surface area contributed by atoms with Crippen molar-refractivity contribution in [3.63, 3.8) is 0 Å². The standard InChI is InChI=1S/C22H17N5OS/c1-13(21(28)24-17-12-6-8-14-7-2-3-9-15(14)17)29-22-25-20-19(26-27-22)16-10-4-5-11-18(16)23-20/h2-13H,1H3,(H,24,28)(H,23,25,27)/t13-/m0/s1. The molecule has 7 heteroatoms. The molecule has 0 saturated carbocycles. The summed E-state index contributed by atoms with van der Waals surface area (Å²) in [5, 5.41) is 14.7. The number of fused-ring (bicyclic) bond motifs is 4. The number of aromatic amines is 1. The van der Waals surface area contributed by atoms with Gasteiger partial charge in [-0.25, -0.2) is 4.98 Å². The second-order valence-electron chi connectivity index (χ2n) is 6.74. The molecule has 0 fully saturated rings. The van der Waals surface area contributed by atoms with Gasteiger partial charge in [0.15, 0.2) is 5.65 Å². The van der Waals surface area contributed by atoms with Gasteiger partial charge in [-0.15, -0.1) is 10.2 Å². The molecular formula is C22H17N5OS. The van der Waals surface area contributed by atoms with Gasteiger partial charge < -0.3 is 10.3 Å². The van der Waals surface area contributed by atoms with Gasteiger partial charge >= 0.3 is 0 Å². The third-order valence-electron chi connectivity index (χ3n) is 4.80. The highest BCUT2D eigenvalue weighted by Crippen LogP contribution is 2.27. The number of amides is 1. The van der Waals surface area contributed by atoms with Crippen molar-refractivity contribution in [2.24, 2.45) is 0 Å². The number of nitrogens with one attached hydrogen (secondary N) is 2. The van der Waals surface area contributed by atoms with Gasteiger partial charge in [-0.3, -0.25) is 4.79 Å². The molecule has 0 aliphatic heterocycles. The van der Waals surface area contributed by atoms with E-state index in [9.17, 15) is 4.79 Å². The van der Waals surface area contributed by atoms with Crippen molar-refractivity contribution in [2.45, 2.75) is 17.3 Å². The van der Waals surface area contributed by atoms with Gasteiger partial charge in [-0.1, -0.05) is 66.4 Å². The number of carbonyl (C=O) groups excluding carboxylic acids is 1. The van der Waals surface area contributed by atoms with E-state index in [2.05, 4.69) is 25.5 Å². The normalized spacial score (nSPS) is 12.4. The Kier molecular flexibility index (Phi) is 4.37. The number of nitrogens with zero attached hydrogens (tertiary/aromatic N) is 3. The summed E-state index contributed by atoms with van der Waals surface area (Å²) in [6, 6.07) is 21.7. The van der Waals surface area contributed by atoms with Crippen LogP contribution in [0.2, 0.25) is 0 Å². The molecule has 0 bridgehead atoms. The summed E-state index contributed by atoms with van der Waals surface area (Å²) in [4.78, 5) is 20.5. The first-order valence-corrected chi connectivity index (χ1v) is 10.1. The second-order valence-corrected chi connectivity index (χ2v) is 8.05. The van der Waals surface area contributed by atoms with Crippen LogP contribution in [0.4, 0.5) is 5.69 Å². The Bertz CT molecular complexity index is 1360. The number of hydrogen-bond acceptors (Lipinski definition) is 5. The Morgan fingerprint density at radius 2 is 1.72 bits per heavy atom. The van der Waals surface area contributed by atoms with Crippen LogP contribution < -0.4 is 5.32 Å². The molecule has 1 amide bonds. The van der Waals surface area contributed by atoms with Crippen molar-refractivity contribution in [1.82, 2.24) is 20.2 Å². The van der Waals surface area contributed by atoms with Gasteiger partial charge in [0, 0.05) is 22.0 Å². The molecule has 0 spiro atoms. The summed E-state index contributed by atoms with van der Waals surface area (Å²) in [7, 11) is 0. The first-order valence-electron chi connectivity index (χ1n) is 9.25. The van der Waals surface area contributed by atoms with E-state index in [1.54, 1.807) is 0 Å². The lowest BCUT2D eigenvalue weighted by molar-refractivity contribution is -0.115. The number of para-hydroxylation sites is 1. The number of hydrogen-bond donors (Lipinski definition) is 2. The quantitative estimate of drug-likeness (QED) is 0.425. The van der Waals surface area contributed by atoms with Gasteiger partial charge in [0.2, 0.25) is 11.1 Å². The van der Waals surface area contributed by atoms with Crippen molar-refractivity contribution in [3.05, 3.63) is 66.7 Å². The van der Waals surface area contributed by atoms with E-state index in [4.69, 9.17) is 0 Å². The number of thioether (sulfide) groups is 1. The zero-order valence-corrected chi connectivity index (χ0v) is 16.4. The Labute approximate surface area is 170 Å². The van der Waals surface area contributed by atoms with Crippen molar-refractivity contribution < 1.29 is 4.79 Å². The third kappa shape index (κ3) is 3.30. The lowest BCUT2D eigenvalue weighted by Crippen LogP contribution is -2.22. The fourth-order valence-electron chi connectivity index (χ4n) is 3.34. The molecular weight excluding hydrogens is 382 g/mol. The van der Waals surface area contributed by atoms with Crippen LogP contribution in [0.1, 0.15) is 6.92 Å². The highest BCUT2D eigenvalue weighted by atomic mass is 32.2. The van der Waals surface area contributed by atoms with Crippen molar-refractivity contribution >= 4 is 56.2 Å². The fraction of sp³-hybridized carbons (Fsp3) is 0.0909. The highest BCUT2D eigenvalue weighted by Gasteiger charge is 2.18. The molecule has 5 rings (SSSR count). The zero-order valence-electron chi connectivity index (χ0n) is 15.6. The molecule has 2 N–H and O–H groups in total. The van der Waals surface area contributed by atoms with Crippen molar-refractivity contribution in [3.8, 4) is 0 Å². The summed E-state index contributed by atoms with van der Waals surface area (Å²) in [5.74, 6) is -0.105. The van der Waals surface area contributed by atoms with Crippen molar-refractivity contribution in [1.29, 1.82) is 0 Å². The van der Waals surface area contributed by atoms with Crippen LogP contribution in [0.3, 0.4) is 0 Å². The predicted octanol–water partition coefficient (Wildman–Crippen LogP) is 4.78. The van der Waals surface area contributed by atoms with Crippen LogP contribution in [-0.2, 0) is 4.79 Å². The first-order chi connectivity index (χ1) is 14.2. The first kappa shape index (κ1) is 17.6. The summed E-state index contributed by atoms with van der Waals surface area (Å²) < 4.78 is 0. The lowest BCUT2D eigenvalue weighted by Gasteiger charge is -2.12. The van der Waals surface area contributed by atoms with E-state index in [-0.39, 0.29) is 11.2 Å².